The van der Waals surface area contributed by atoms with Gasteiger partial charge in [0.25, 0.3) is 0 Å². The number of aliphatic hydroxyl groups excluding tert-OH is 6. The molecule has 1 aromatic heterocycles. The van der Waals surface area contributed by atoms with E-state index in [1.807, 2.05) is 0 Å². The van der Waals surface area contributed by atoms with E-state index in [0.717, 1.165) is 12.1 Å². The first-order chi connectivity index (χ1) is 20.8. The number of hydrogen-bond acceptors (Lipinski definition) is 16. The van der Waals surface area contributed by atoms with Gasteiger partial charge < -0.3 is 74.1 Å². The number of phenolic OH excluding ortho intramolecular Hbond substituents is 3. The van der Waals surface area contributed by atoms with Gasteiger partial charge in [0, 0.05) is 17.7 Å². The standard InChI is InChI=1S/C28H32O16/c1-9-18(32)21(35)23(37)27(41-9)40-8-16-19(33)22(36)24(38)28(43-16)44-26-20(34)17-13(31)6-11(29)7-15(17)42-25(26)10-3-4-12(30)14(5-10)39-2/h3-7,9,16,18-19,21-24,27-33,35-38H,8H2,1-2H3/t9-,16+,18-,19-,21-,22+,23+,24-,27+,28-/m0/s1. The zero-order valence-corrected chi connectivity index (χ0v) is 23.3. The molecule has 0 saturated carbocycles. The Hall–Kier alpha value is -3.71. The molecule has 16 nitrogen and oxygen atoms in total. The van der Waals surface area contributed by atoms with E-state index in [-0.39, 0.29) is 28.4 Å². The van der Waals surface area contributed by atoms with Crippen LogP contribution in [0.15, 0.2) is 39.5 Å². The molecular weight excluding hydrogens is 592 g/mol. The smallest absolute Gasteiger partial charge is 0.239 e. The molecule has 0 aliphatic carbocycles. The lowest BCUT2D eigenvalue weighted by atomic mass is 9.98. The van der Waals surface area contributed by atoms with E-state index in [2.05, 4.69) is 0 Å². The Morgan fingerprint density at radius 2 is 1.48 bits per heavy atom. The molecule has 16 heteroatoms. The van der Waals surface area contributed by atoms with Crippen molar-refractivity contribution in [3.63, 3.8) is 0 Å². The van der Waals surface area contributed by atoms with Crippen LogP contribution in [0.25, 0.3) is 22.3 Å². The van der Waals surface area contributed by atoms with Gasteiger partial charge >= 0.3 is 0 Å². The lowest BCUT2D eigenvalue weighted by molar-refractivity contribution is -0.318. The highest BCUT2D eigenvalue weighted by Crippen LogP contribution is 2.39. The molecule has 9 N–H and O–H groups in total. The molecular formula is C28H32O16. The summed E-state index contributed by atoms with van der Waals surface area (Å²) >= 11 is 0. The Kier molecular flexibility index (Phi) is 8.90. The molecule has 240 valence electrons. The predicted molar refractivity (Wildman–Crippen MR) is 145 cm³/mol. The molecule has 10 atom stereocenters. The van der Waals surface area contributed by atoms with Gasteiger partial charge in [0.15, 0.2) is 23.5 Å². The van der Waals surface area contributed by atoms with E-state index in [0.29, 0.717) is 0 Å². The van der Waals surface area contributed by atoms with Crippen LogP contribution in [-0.2, 0) is 14.2 Å². The van der Waals surface area contributed by atoms with Crippen LogP contribution < -0.4 is 14.9 Å². The first-order valence-electron chi connectivity index (χ1n) is 13.4. The van der Waals surface area contributed by atoms with Gasteiger partial charge in [-0.25, -0.2) is 0 Å². The maximum atomic E-state index is 13.7. The fourth-order valence-electron chi connectivity index (χ4n) is 4.99. The Balaban J connectivity index is 1.49. The van der Waals surface area contributed by atoms with E-state index in [9.17, 15) is 50.8 Å². The first-order valence-corrected chi connectivity index (χ1v) is 13.4. The van der Waals surface area contributed by atoms with Crippen LogP contribution in [0.4, 0.5) is 0 Å². The topological polar surface area (TPSA) is 258 Å². The summed E-state index contributed by atoms with van der Waals surface area (Å²) in [6, 6.07) is 5.83. The maximum Gasteiger partial charge on any atom is 0.239 e. The third-order valence-corrected chi connectivity index (χ3v) is 7.50. The molecule has 3 heterocycles. The van der Waals surface area contributed by atoms with Crippen LogP contribution in [0.5, 0.6) is 28.7 Å². The number of ether oxygens (including phenoxy) is 5. The van der Waals surface area contributed by atoms with E-state index < -0.39 is 96.1 Å². The average molecular weight is 625 g/mol. The molecule has 2 fully saturated rings. The van der Waals surface area contributed by atoms with E-state index in [4.69, 9.17) is 28.1 Å². The molecule has 3 aromatic rings. The monoisotopic (exact) mass is 624 g/mol. The number of methoxy groups -OCH3 is 1. The summed E-state index contributed by atoms with van der Waals surface area (Å²) in [6.45, 7) is 0.845. The largest absolute Gasteiger partial charge is 0.508 e. The first kappa shape index (κ1) is 31.7. The second-order valence-electron chi connectivity index (χ2n) is 10.5. The molecule has 2 aromatic carbocycles. The van der Waals surface area contributed by atoms with E-state index in [1.165, 1.54) is 32.2 Å². The Morgan fingerprint density at radius 1 is 0.795 bits per heavy atom. The van der Waals surface area contributed by atoms with Gasteiger partial charge in [0.05, 0.1) is 19.8 Å². The summed E-state index contributed by atoms with van der Waals surface area (Å²) in [7, 11) is 1.28. The molecule has 5 rings (SSSR count). The minimum absolute atomic E-state index is 0.0151. The summed E-state index contributed by atoms with van der Waals surface area (Å²) in [4.78, 5) is 13.7. The Morgan fingerprint density at radius 3 is 2.18 bits per heavy atom. The van der Waals surface area contributed by atoms with Crippen LogP contribution in [0.1, 0.15) is 6.92 Å². The normalized spacial score (nSPS) is 32.5. The quantitative estimate of drug-likeness (QED) is 0.147. The highest BCUT2D eigenvalue weighted by atomic mass is 16.7. The Labute approximate surface area is 248 Å². The fourth-order valence-corrected chi connectivity index (χ4v) is 4.99. The van der Waals surface area contributed by atoms with Gasteiger partial charge in [0.1, 0.15) is 65.2 Å². The van der Waals surface area contributed by atoms with Crippen molar-refractivity contribution in [2.24, 2.45) is 0 Å². The molecule has 0 radical (unpaired) electrons. The van der Waals surface area contributed by atoms with Crippen molar-refractivity contribution in [3.05, 3.63) is 40.6 Å². The molecule has 0 bridgehead atoms. The second kappa shape index (κ2) is 12.4. The maximum absolute atomic E-state index is 13.7. The molecule has 0 spiro atoms. The van der Waals surface area contributed by atoms with Crippen LogP contribution in [0, 0.1) is 0 Å². The van der Waals surface area contributed by atoms with Crippen LogP contribution >= 0.6 is 0 Å². The van der Waals surface area contributed by atoms with Crippen molar-refractivity contribution in [1.82, 2.24) is 0 Å². The van der Waals surface area contributed by atoms with Crippen molar-refractivity contribution in [2.45, 2.75) is 68.3 Å². The zero-order valence-electron chi connectivity index (χ0n) is 23.3. The molecule has 2 saturated heterocycles. The van der Waals surface area contributed by atoms with E-state index in [1.54, 1.807) is 0 Å². The third kappa shape index (κ3) is 5.74. The fraction of sp³-hybridized carbons (Fsp3) is 0.464. The number of aromatic hydroxyl groups is 3. The van der Waals surface area contributed by atoms with Crippen LogP contribution in [0.2, 0.25) is 0 Å². The van der Waals surface area contributed by atoms with Gasteiger partial charge in [0.2, 0.25) is 17.5 Å². The number of rotatable bonds is 7. The van der Waals surface area contributed by atoms with Crippen molar-refractivity contribution < 1.29 is 74.1 Å². The summed E-state index contributed by atoms with van der Waals surface area (Å²) in [5.41, 5.74) is -1.11. The number of benzene rings is 2. The van der Waals surface area contributed by atoms with Gasteiger partial charge in [-0.05, 0) is 25.1 Å². The SMILES string of the molecule is COc1cc(-c2oc3cc(O)cc(O)c3c(=O)c2O[C@@H]2O[C@H](CO[C@@H]3O[C@@H](C)[C@H](O)[C@H](O)[C@H]3O)[C@H](O)[C@@H](O)[C@@H]2O)ccc1O. The summed E-state index contributed by atoms with van der Waals surface area (Å²) in [5, 5.41) is 92.1. The van der Waals surface area contributed by atoms with Crippen molar-refractivity contribution >= 4 is 11.0 Å². The third-order valence-electron chi connectivity index (χ3n) is 7.50. The number of hydrogen-bond donors (Lipinski definition) is 9. The van der Waals surface area contributed by atoms with Gasteiger partial charge in [-0.2, -0.15) is 0 Å². The van der Waals surface area contributed by atoms with Crippen molar-refractivity contribution in [1.29, 1.82) is 0 Å². The number of aliphatic hydroxyl groups is 6. The average Bonchev–Trinajstić information content (AvgIpc) is 2.98. The molecule has 2 aliphatic heterocycles. The van der Waals surface area contributed by atoms with Crippen LogP contribution in [-0.4, -0.2) is 121 Å². The van der Waals surface area contributed by atoms with Crippen LogP contribution in [0.3, 0.4) is 0 Å². The van der Waals surface area contributed by atoms with Crippen molar-refractivity contribution in [2.75, 3.05) is 13.7 Å². The molecule has 0 amide bonds. The molecule has 44 heavy (non-hydrogen) atoms. The Bertz CT molecular complexity index is 1560. The molecule has 2 aliphatic rings. The highest BCUT2D eigenvalue weighted by molar-refractivity contribution is 5.88. The minimum Gasteiger partial charge on any atom is -0.508 e. The summed E-state index contributed by atoms with van der Waals surface area (Å²) < 4.78 is 33.2. The lowest BCUT2D eigenvalue weighted by Gasteiger charge is -2.42. The number of fused-ring (bicyclic) bond motifs is 1. The minimum atomic E-state index is -1.94. The lowest BCUT2D eigenvalue weighted by Crippen LogP contribution is -2.61. The summed E-state index contributed by atoms with van der Waals surface area (Å²) in [6.07, 6.45) is -16.0. The highest BCUT2D eigenvalue weighted by Gasteiger charge is 2.47. The van der Waals surface area contributed by atoms with Gasteiger partial charge in [-0.15, -0.1) is 0 Å². The van der Waals surface area contributed by atoms with Crippen molar-refractivity contribution in [3.8, 4) is 40.1 Å². The zero-order chi connectivity index (χ0) is 32.0. The van der Waals surface area contributed by atoms with Gasteiger partial charge in [-0.3, -0.25) is 4.79 Å². The second-order valence-corrected chi connectivity index (χ2v) is 10.5. The summed E-state index contributed by atoms with van der Waals surface area (Å²) in [5.74, 6) is -2.28. The van der Waals surface area contributed by atoms with E-state index >= 15 is 0 Å². The molecule has 0 unspecified atom stereocenters. The number of phenols is 3. The van der Waals surface area contributed by atoms with Gasteiger partial charge in [-0.1, -0.05) is 0 Å². The predicted octanol–water partition coefficient (Wildman–Crippen LogP) is -1.38.